The number of aromatic nitrogens is 1. The van der Waals surface area contributed by atoms with E-state index in [1.165, 1.54) is 0 Å². The molecule has 1 unspecified atom stereocenters. The fraction of sp³-hybridized carbons (Fsp3) is 0.600. The Balaban J connectivity index is 2.38. The lowest BCUT2D eigenvalue weighted by Crippen LogP contribution is -2.15. The molecule has 0 aliphatic heterocycles. The van der Waals surface area contributed by atoms with Crippen molar-refractivity contribution in [1.82, 2.24) is 4.98 Å². The molecule has 106 valence electrons. The van der Waals surface area contributed by atoms with Gasteiger partial charge in [0.2, 0.25) is 5.91 Å². The van der Waals surface area contributed by atoms with Gasteiger partial charge in [-0.15, -0.1) is 0 Å². The van der Waals surface area contributed by atoms with E-state index in [0.29, 0.717) is 18.9 Å². The normalized spacial score (nSPS) is 12.2. The van der Waals surface area contributed by atoms with Gasteiger partial charge in [-0.1, -0.05) is 19.8 Å². The lowest BCUT2D eigenvalue weighted by molar-refractivity contribution is -0.116. The van der Waals surface area contributed by atoms with Gasteiger partial charge in [0.05, 0.1) is 11.9 Å². The summed E-state index contributed by atoms with van der Waals surface area (Å²) in [6.07, 6.45) is 8.22. The minimum atomic E-state index is 0.0607. The number of carbonyl (C=O) groups excluding carboxylic acids is 1. The third-order valence-electron chi connectivity index (χ3n) is 3.21. The minimum absolute atomic E-state index is 0.0607. The summed E-state index contributed by atoms with van der Waals surface area (Å²) in [5.41, 5.74) is 7.42. The number of pyridine rings is 1. The highest BCUT2D eigenvalue weighted by atomic mass is 16.1. The van der Waals surface area contributed by atoms with Gasteiger partial charge in [0, 0.05) is 12.6 Å². The maximum Gasteiger partial charge on any atom is 0.224 e. The number of aryl methyl sites for hydroxylation is 1. The predicted molar refractivity (Wildman–Crippen MR) is 78.9 cm³/mol. The second-order valence-corrected chi connectivity index (χ2v) is 5.07. The van der Waals surface area contributed by atoms with E-state index in [0.717, 1.165) is 36.9 Å². The fourth-order valence-electron chi connectivity index (χ4n) is 2.26. The molecule has 1 heterocycles. The quantitative estimate of drug-likeness (QED) is 0.757. The predicted octanol–water partition coefficient (Wildman–Crippen LogP) is 2.87. The van der Waals surface area contributed by atoms with Gasteiger partial charge >= 0.3 is 0 Å². The Morgan fingerprint density at radius 2 is 2.16 bits per heavy atom. The first kappa shape index (κ1) is 15.6. The molecule has 3 N–H and O–H groups in total. The summed E-state index contributed by atoms with van der Waals surface area (Å²) in [5, 5.41) is 2.89. The van der Waals surface area contributed by atoms with Crippen LogP contribution in [0.5, 0.6) is 0 Å². The van der Waals surface area contributed by atoms with Gasteiger partial charge in [-0.3, -0.25) is 9.78 Å². The van der Waals surface area contributed by atoms with Crippen LogP contribution in [-0.2, 0) is 4.79 Å². The van der Waals surface area contributed by atoms with E-state index in [4.69, 9.17) is 5.73 Å². The van der Waals surface area contributed by atoms with Crippen molar-refractivity contribution in [3.8, 4) is 0 Å². The summed E-state index contributed by atoms with van der Waals surface area (Å²) in [6.45, 7) is 4.83. The number of rotatable bonds is 8. The fourth-order valence-corrected chi connectivity index (χ4v) is 2.26. The van der Waals surface area contributed by atoms with Crippen molar-refractivity contribution in [2.45, 2.75) is 46.0 Å². The molecule has 1 aromatic heterocycles. The minimum Gasteiger partial charge on any atom is -0.330 e. The molecule has 0 aliphatic rings. The summed E-state index contributed by atoms with van der Waals surface area (Å²) in [7, 11) is 0. The number of nitrogens with two attached hydrogens (primary N) is 1. The van der Waals surface area contributed by atoms with Crippen molar-refractivity contribution >= 4 is 11.6 Å². The van der Waals surface area contributed by atoms with Crippen LogP contribution in [-0.4, -0.2) is 17.4 Å². The van der Waals surface area contributed by atoms with E-state index in [1.54, 1.807) is 12.4 Å². The Kier molecular flexibility index (Phi) is 7.11. The number of nitrogens with one attached hydrogen (secondary N) is 1. The van der Waals surface area contributed by atoms with Gasteiger partial charge in [-0.25, -0.2) is 0 Å². The molecule has 0 radical (unpaired) electrons. The van der Waals surface area contributed by atoms with Crippen LogP contribution in [0.1, 0.15) is 44.6 Å². The molecule has 0 spiro atoms. The monoisotopic (exact) mass is 263 g/mol. The summed E-state index contributed by atoms with van der Waals surface area (Å²) in [4.78, 5) is 15.9. The van der Waals surface area contributed by atoms with E-state index < -0.39 is 0 Å². The van der Waals surface area contributed by atoms with Crippen molar-refractivity contribution in [1.29, 1.82) is 0 Å². The van der Waals surface area contributed by atoms with Crippen molar-refractivity contribution in [2.24, 2.45) is 11.7 Å². The van der Waals surface area contributed by atoms with Gasteiger partial charge in [0.15, 0.2) is 0 Å². The van der Waals surface area contributed by atoms with Gasteiger partial charge in [-0.2, -0.15) is 0 Å². The van der Waals surface area contributed by atoms with Crippen molar-refractivity contribution in [2.75, 3.05) is 11.9 Å². The molecule has 19 heavy (non-hydrogen) atoms. The van der Waals surface area contributed by atoms with E-state index in [2.05, 4.69) is 17.2 Å². The topological polar surface area (TPSA) is 68.0 Å². The maximum absolute atomic E-state index is 11.9. The van der Waals surface area contributed by atoms with E-state index in [-0.39, 0.29) is 5.91 Å². The van der Waals surface area contributed by atoms with Crippen LogP contribution in [0.15, 0.2) is 18.5 Å². The lowest BCUT2D eigenvalue weighted by atomic mass is 9.94. The average molecular weight is 263 g/mol. The number of hydrogen-bond donors (Lipinski definition) is 2. The van der Waals surface area contributed by atoms with Crippen LogP contribution in [0.4, 0.5) is 5.69 Å². The first-order valence-electron chi connectivity index (χ1n) is 7.07. The Morgan fingerprint density at radius 3 is 2.79 bits per heavy atom. The maximum atomic E-state index is 11.9. The van der Waals surface area contributed by atoms with Gasteiger partial charge in [0.25, 0.3) is 0 Å². The molecule has 1 amide bonds. The third-order valence-corrected chi connectivity index (χ3v) is 3.21. The van der Waals surface area contributed by atoms with Crippen LogP contribution in [0.3, 0.4) is 0 Å². The second-order valence-electron chi connectivity index (χ2n) is 5.07. The van der Waals surface area contributed by atoms with E-state index >= 15 is 0 Å². The largest absolute Gasteiger partial charge is 0.330 e. The molecule has 0 aliphatic carbocycles. The first-order chi connectivity index (χ1) is 9.15. The average Bonchev–Trinajstić information content (AvgIpc) is 2.36. The molecule has 4 nitrogen and oxygen atoms in total. The zero-order valence-corrected chi connectivity index (χ0v) is 12.0. The molecule has 0 bridgehead atoms. The van der Waals surface area contributed by atoms with Gasteiger partial charge < -0.3 is 11.1 Å². The number of amides is 1. The molecule has 0 saturated heterocycles. The summed E-state index contributed by atoms with van der Waals surface area (Å²) >= 11 is 0. The second kappa shape index (κ2) is 8.64. The molecule has 0 aromatic carbocycles. The van der Waals surface area contributed by atoms with Crippen molar-refractivity contribution in [3.63, 3.8) is 0 Å². The van der Waals surface area contributed by atoms with Crippen LogP contribution in [0.2, 0.25) is 0 Å². The van der Waals surface area contributed by atoms with Gasteiger partial charge in [0.1, 0.15) is 0 Å². The van der Waals surface area contributed by atoms with Crippen LogP contribution in [0.25, 0.3) is 0 Å². The smallest absolute Gasteiger partial charge is 0.224 e. The highest BCUT2D eigenvalue weighted by Crippen LogP contribution is 2.17. The number of anilines is 1. The SMILES string of the molecule is CCCC(CCN)CCC(=O)Nc1cncc(C)c1. The van der Waals surface area contributed by atoms with E-state index in [1.807, 2.05) is 13.0 Å². The molecule has 4 heteroatoms. The summed E-state index contributed by atoms with van der Waals surface area (Å²) < 4.78 is 0. The molecule has 1 atom stereocenters. The van der Waals surface area contributed by atoms with Crippen molar-refractivity contribution < 1.29 is 4.79 Å². The Hall–Kier alpha value is -1.42. The molecule has 1 rings (SSSR count). The van der Waals surface area contributed by atoms with Crippen LogP contribution in [0, 0.1) is 12.8 Å². The van der Waals surface area contributed by atoms with Crippen LogP contribution >= 0.6 is 0 Å². The number of carbonyl (C=O) groups is 1. The summed E-state index contributed by atoms with van der Waals surface area (Å²) in [5.74, 6) is 0.627. The summed E-state index contributed by atoms with van der Waals surface area (Å²) in [6, 6.07) is 1.92. The molecule has 1 aromatic rings. The number of hydrogen-bond acceptors (Lipinski definition) is 3. The Labute approximate surface area is 115 Å². The van der Waals surface area contributed by atoms with Crippen molar-refractivity contribution in [3.05, 3.63) is 24.0 Å². The Morgan fingerprint density at radius 1 is 1.37 bits per heavy atom. The molecular formula is C15H25N3O. The van der Waals surface area contributed by atoms with E-state index in [9.17, 15) is 4.79 Å². The molecule has 0 saturated carbocycles. The third kappa shape index (κ3) is 6.34. The highest BCUT2D eigenvalue weighted by Gasteiger charge is 2.10. The first-order valence-corrected chi connectivity index (χ1v) is 7.07. The highest BCUT2D eigenvalue weighted by molar-refractivity contribution is 5.90. The standard InChI is InChI=1S/C15H25N3O/c1-3-4-13(7-8-16)5-6-15(19)18-14-9-12(2)10-17-11-14/h9-11,13H,3-8,16H2,1-2H3,(H,18,19). The molecular weight excluding hydrogens is 238 g/mol. The molecule has 0 fully saturated rings. The zero-order chi connectivity index (χ0) is 14.1. The lowest BCUT2D eigenvalue weighted by Gasteiger charge is -2.14. The number of nitrogens with zero attached hydrogens (tertiary/aromatic N) is 1. The van der Waals surface area contributed by atoms with Gasteiger partial charge in [-0.05, 0) is 43.9 Å². The Bertz CT molecular complexity index is 387. The zero-order valence-electron chi connectivity index (χ0n) is 12.0. The van der Waals surface area contributed by atoms with Crippen LogP contribution < -0.4 is 11.1 Å².